The maximum atomic E-state index is 11.9. The number of amides is 1. The molecule has 1 unspecified atom stereocenters. The smallest absolute Gasteiger partial charge is 0.226 e. The van der Waals surface area contributed by atoms with Crippen LogP contribution in [0.5, 0.6) is 0 Å². The van der Waals surface area contributed by atoms with Crippen LogP contribution in [0, 0.1) is 5.92 Å². The van der Waals surface area contributed by atoms with Crippen LogP contribution in [0.4, 0.5) is 5.13 Å². The summed E-state index contributed by atoms with van der Waals surface area (Å²) >= 11 is 1.50. The second-order valence-electron chi connectivity index (χ2n) is 5.33. The number of aromatic nitrogens is 1. The third-order valence-electron chi connectivity index (χ3n) is 3.90. The number of carbonyl (C=O) groups is 1. The van der Waals surface area contributed by atoms with E-state index in [4.69, 9.17) is 0 Å². The van der Waals surface area contributed by atoms with Crippen molar-refractivity contribution in [3.05, 3.63) is 11.1 Å². The molecule has 1 amide bonds. The number of rotatable bonds is 6. The fourth-order valence-corrected chi connectivity index (χ4v) is 3.33. The fourth-order valence-electron chi connectivity index (χ4n) is 2.51. The van der Waals surface area contributed by atoms with Crippen molar-refractivity contribution < 1.29 is 4.79 Å². The number of nitrogens with one attached hydrogen (secondary N) is 2. The Balaban J connectivity index is 1.76. The highest BCUT2D eigenvalue weighted by molar-refractivity contribution is 7.13. The van der Waals surface area contributed by atoms with Gasteiger partial charge in [-0.05, 0) is 26.3 Å². The molecule has 1 atom stereocenters. The maximum absolute atomic E-state index is 11.9. The molecule has 1 aromatic heterocycles. The fraction of sp³-hybridized carbons (Fsp3) is 0.714. The van der Waals surface area contributed by atoms with Crippen molar-refractivity contribution in [3.8, 4) is 0 Å². The Morgan fingerprint density at radius 2 is 2.26 bits per heavy atom. The molecule has 19 heavy (non-hydrogen) atoms. The van der Waals surface area contributed by atoms with Crippen LogP contribution in [0.2, 0.25) is 0 Å². The molecule has 4 nitrogen and oxygen atoms in total. The summed E-state index contributed by atoms with van der Waals surface area (Å²) < 4.78 is 0. The molecule has 0 aromatic carbocycles. The van der Waals surface area contributed by atoms with E-state index in [1.54, 1.807) is 0 Å². The van der Waals surface area contributed by atoms with Gasteiger partial charge in [0.1, 0.15) is 0 Å². The normalized spacial score (nSPS) is 17.6. The Kier molecular flexibility index (Phi) is 5.34. The Bertz CT molecular complexity index is 413. The van der Waals surface area contributed by atoms with Crippen LogP contribution in [0.15, 0.2) is 5.38 Å². The minimum atomic E-state index is 0.102. The van der Waals surface area contributed by atoms with E-state index in [-0.39, 0.29) is 11.9 Å². The first-order valence-corrected chi connectivity index (χ1v) is 7.99. The molecule has 1 heterocycles. The predicted octanol–water partition coefficient (Wildman–Crippen LogP) is 3.33. The van der Waals surface area contributed by atoms with Crippen molar-refractivity contribution in [3.63, 3.8) is 0 Å². The molecule has 2 rings (SSSR count). The van der Waals surface area contributed by atoms with E-state index in [1.807, 2.05) is 12.4 Å². The molecule has 2 N–H and O–H groups in total. The lowest BCUT2D eigenvalue weighted by Crippen LogP contribution is -2.14. The Morgan fingerprint density at radius 3 is 2.95 bits per heavy atom. The van der Waals surface area contributed by atoms with E-state index in [0.29, 0.717) is 11.6 Å². The molecular formula is C14H23N3OS. The van der Waals surface area contributed by atoms with Crippen molar-refractivity contribution in [1.29, 1.82) is 0 Å². The first-order chi connectivity index (χ1) is 9.19. The third kappa shape index (κ3) is 4.28. The second-order valence-corrected chi connectivity index (χ2v) is 6.18. The Morgan fingerprint density at radius 1 is 1.53 bits per heavy atom. The first-order valence-electron chi connectivity index (χ1n) is 7.11. The minimum absolute atomic E-state index is 0.102. The molecule has 0 radical (unpaired) electrons. The predicted molar refractivity (Wildman–Crippen MR) is 79.4 cm³/mol. The largest absolute Gasteiger partial charge is 0.312 e. The van der Waals surface area contributed by atoms with E-state index < -0.39 is 0 Å². The van der Waals surface area contributed by atoms with Crippen LogP contribution in [-0.2, 0) is 4.79 Å². The van der Waals surface area contributed by atoms with Gasteiger partial charge in [0.25, 0.3) is 0 Å². The highest BCUT2D eigenvalue weighted by Crippen LogP contribution is 2.28. The van der Waals surface area contributed by atoms with Gasteiger partial charge in [-0.15, -0.1) is 11.3 Å². The van der Waals surface area contributed by atoms with E-state index in [0.717, 1.165) is 18.0 Å². The number of hydrogen-bond acceptors (Lipinski definition) is 4. The first kappa shape index (κ1) is 14.5. The molecule has 1 aliphatic rings. The van der Waals surface area contributed by atoms with Crippen molar-refractivity contribution in [2.45, 2.75) is 51.5 Å². The second kappa shape index (κ2) is 7.01. The zero-order valence-electron chi connectivity index (χ0n) is 11.7. The summed E-state index contributed by atoms with van der Waals surface area (Å²) in [7, 11) is 1.91. The van der Waals surface area contributed by atoms with Crippen molar-refractivity contribution >= 4 is 22.4 Å². The maximum Gasteiger partial charge on any atom is 0.226 e. The monoisotopic (exact) mass is 281 g/mol. The molecule has 106 valence electrons. The SMILES string of the molecule is CNC(C)c1csc(NC(=O)CCC2CCCC2)n1. The zero-order valence-corrected chi connectivity index (χ0v) is 12.6. The molecule has 0 aliphatic heterocycles. The van der Waals surface area contributed by atoms with Crippen LogP contribution in [0.3, 0.4) is 0 Å². The molecule has 1 saturated carbocycles. The lowest BCUT2D eigenvalue weighted by molar-refractivity contribution is -0.116. The average Bonchev–Trinajstić information content (AvgIpc) is 3.06. The van der Waals surface area contributed by atoms with Crippen LogP contribution in [0.1, 0.15) is 57.2 Å². The summed E-state index contributed by atoms with van der Waals surface area (Å²) in [6.45, 7) is 2.06. The lowest BCUT2D eigenvalue weighted by atomic mass is 10.0. The van der Waals surface area contributed by atoms with E-state index in [1.165, 1.54) is 37.0 Å². The number of carbonyl (C=O) groups excluding carboxylic acids is 1. The molecule has 1 fully saturated rings. The van der Waals surface area contributed by atoms with Gasteiger partial charge in [0, 0.05) is 17.8 Å². The van der Waals surface area contributed by atoms with Crippen LogP contribution in [0.25, 0.3) is 0 Å². The molecular weight excluding hydrogens is 258 g/mol. The molecule has 1 aliphatic carbocycles. The summed E-state index contributed by atoms with van der Waals surface area (Å²) in [5.41, 5.74) is 0.985. The minimum Gasteiger partial charge on any atom is -0.312 e. The van der Waals surface area contributed by atoms with Crippen LogP contribution >= 0.6 is 11.3 Å². The number of nitrogens with zero attached hydrogens (tertiary/aromatic N) is 1. The lowest BCUT2D eigenvalue weighted by Gasteiger charge is -2.08. The molecule has 0 saturated heterocycles. The molecule has 5 heteroatoms. The van der Waals surface area contributed by atoms with E-state index in [2.05, 4.69) is 22.5 Å². The van der Waals surface area contributed by atoms with Crippen molar-refractivity contribution in [2.24, 2.45) is 5.92 Å². The summed E-state index contributed by atoms with van der Waals surface area (Å²) in [6, 6.07) is 0.223. The quantitative estimate of drug-likeness (QED) is 0.841. The number of hydrogen-bond donors (Lipinski definition) is 2. The number of thiazole rings is 1. The van der Waals surface area contributed by atoms with Gasteiger partial charge in [0.2, 0.25) is 5.91 Å². The Labute approximate surface area is 119 Å². The van der Waals surface area contributed by atoms with Crippen molar-refractivity contribution in [2.75, 3.05) is 12.4 Å². The van der Waals surface area contributed by atoms with Gasteiger partial charge in [0.05, 0.1) is 5.69 Å². The van der Waals surface area contributed by atoms with Gasteiger partial charge in [0.15, 0.2) is 5.13 Å². The van der Waals surface area contributed by atoms with Gasteiger partial charge in [-0.3, -0.25) is 4.79 Å². The summed E-state index contributed by atoms with van der Waals surface area (Å²) in [6.07, 6.45) is 6.93. The third-order valence-corrected chi connectivity index (χ3v) is 4.68. The van der Waals surface area contributed by atoms with Gasteiger partial charge >= 0.3 is 0 Å². The molecule has 0 spiro atoms. The zero-order chi connectivity index (χ0) is 13.7. The van der Waals surface area contributed by atoms with Crippen molar-refractivity contribution in [1.82, 2.24) is 10.3 Å². The van der Waals surface area contributed by atoms with Crippen LogP contribution in [-0.4, -0.2) is 17.9 Å². The summed E-state index contributed by atoms with van der Waals surface area (Å²) in [5, 5.41) is 8.76. The summed E-state index contributed by atoms with van der Waals surface area (Å²) in [5.74, 6) is 0.867. The van der Waals surface area contributed by atoms with Crippen LogP contribution < -0.4 is 10.6 Å². The Hall–Kier alpha value is -0.940. The standard InChI is InChI=1S/C14H23N3OS/c1-10(15-2)12-9-19-14(16-12)17-13(18)8-7-11-5-3-4-6-11/h9-11,15H,3-8H2,1-2H3,(H,16,17,18). The summed E-state index contributed by atoms with van der Waals surface area (Å²) in [4.78, 5) is 16.3. The topological polar surface area (TPSA) is 54.0 Å². The van der Waals surface area contributed by atoms with Gasteiger partial charge < -0.3 is 10.6 Å². The van der Waals surface area contributed by atoms with E-state index >= 15 is 0 Å². The van der Waals surface area contributed by atoms with Gasteiger partial charge in [-0.25, -0.2) is 4.98 Å². The highest BCUT2D eigenvalue weighted by Gasteiger charge is 2.16. The van der Waals surface area contributed by atoms with Gasteiger partial charge in [-0.2, -0.15) is 0 Å². The van der Waals surface area contributed by atoms with Gasteiger partial charge in [-0.1, -0.05) is 25.7 Å². The van der Waals surface area contributed by atoms with E-state index in [9.17, 15) is 4.79 Å². The molecule has 0 bridgehead atoms. The average molecular weight is 281 g/mol. The molecule has 1 aromatic rings. The highest BCUT2D eigenvalue weighted by atomic mass is 32.1. The number of anilines is 1.